The Morgan fingerprint density at radius 3 is 2.09 bits per heavy atom. The van der Waals surface area contributed by atoms with Crippen molar-refractivity contribution in [3.63, 3.8) is 0 Å². The normalized spacial score (nSPS) is 19.1. The van der Waals surface area contributed by atoms with Gasteiger partial charge in [0.15, 0.2) is 11.6 Å². The second kappa shape index (κ2) is 5.28. The van der Waals surface area contributed by atoms with Crippen molar-refractivity contribution in [2.45, 2.75) is 47.6 Å². The molecule has 1 aromatic carbocycles. The maximum Gasteiger partial charge on any atom is 0.310 e. The Morgan fingerprint density at radius 2 is 1.64 bits per heavy atom. The van der Waals surface area contributed by atoms with E-state index in [4.69, 9.17) is 4.74 Å². The van der Waals surface area contributed by atoms with E-state index in [0.717, 1.165) is 0 Å². The number of hydrogen-bond acceptors (Lipinski definition) is 2. The van der Waals surface area contributed by atoms with E-state index in [-0.39, 0.29) is 34.3 Å². The van der Waals surface area contributed by atoms with Crippen LogP contribution in [0.1, 0.15) is 45.7 Å². The first kappa shape index (κ1) is 16.8. The minimum Gasteiger partial charge on any atom is -0.460 e. The average Bonchev–Trinajstić information content (AvgIpc) is 2.82. The van der Waals surface area contributed by atoms with Gasteiger partial charge in [-0.15, -0.1) is 0 Å². The Labute approximate surface area is 128 Å². The van der Waals surface area contributed by atoms with Crippen molar-refractivity contribution >= 4 is 5.97 Å². The van der Waals surface area contributed by atoms with Gasteiger partial charge in [0.25, 0.3) is 0 Å². The maximum atomic E-state index is 13.9. The van der Waals surface area contributed by atoms with Gasteiger partial charge in [-0.2, -0.15) is 0 Å². The zero-order valence-corrected chi connectivity index (χ0v) is 13.5. The molecule has 0 heterocycles. The minimum absolute atomic E-state index is 0.0426. The largest absolute Gasteiger partial charge is 0.460 e. The van der Waals surface area contributed by atoms with Crippen LogP contribution in [0.25, 0.3) is 0 Å². The number of rotatable bonds is 4. The van der Waals surface area contributed by atoms with Crippen LogP contribution in [0.4, 0.5) is 13.2 Å². The fraction of sp³-hybridized carbons (Fsp3) is 0.588. The fourth-order valence-electron chi connectivity index (χ4n) is 3.23. The van der Waals surface area contributed by atoms with Crippen molar-refractivity contribution in [2.24, 2.45) is 16.7 Å². The summed E-state index contributed by atoms with van der Waals surface area (Å²) in [4.78, 5) is 12.2. The van der Waals surface area contributed by atoms with E-state index in [1.165, 1.54) is 0 Å². The second-order valence-corrected chi connectivity index (χ2v) is 6.95. The molecule has 0 saturated heterocycles. The fourth-order valence-corrected chi connectivity index (χ4v) is 3.23. The monoisotopic (exact) mass is 314 g/mol. The minimum atomic E-state index is -1.27. The SMILES string of the molecule is CCc1c(F)cc(F)c(F)c1COC(=O)C1C(C)(C)C1(C)C. The van der Waals surface area contributed by atoms with Crippen LogP contribution in [0.2, 0.25) is 0 Å². The van der Waals surface area contributed by atoms with Crippen molar-refractivity contribution in [1.29, 1.82) is 0 Å². The van der Waals surface area contributed by atoms with Gasteiger partial charge in [0.2, 0.25) is 0 Å². The zero-order chi connectivity index (χ0) is 16.9. The molecular weight excluding hydrogens is 293 g/mol. The van der Waals surface area contributed by atoms with Crippen LogP contribution in [0.5, 0.6) is 0 Å². The van der Waals surface area contributed by atoms with Crippen LogP contribution < -0.4 is 0 Å². The highest BCUT2D eigenvalue weighted by Gasteiger charge is 2.69. The lowest BCUT2D eigenvalue weighted by molar-refractivity contribution is -0.148. The van der Waals surface area contributed by atoms with E-state index in [2.05, 4.69) is 0 Å². The second-order valence-electron chi connectivity index (χ2n) is 6.95. The van der Waals surface area contributed by atoms with Gasteiger partial charge in [0, 0.05) is 11.6 Å². The van der Waals surface area contributed by atoms with Crippen molar-refractivity contribution in [3.8, 4) is 0 Å². The topological polar surface area (TPSA) is 26.3 Å². The Balaban J connectivity index is 2.18. The van der Waals surface area contributed by atoms with Gasteiger partial charge in [-0.25, -0.2) is 13.2 Å². The van der Waals surface area contributed by atoms with Crippen molar-refractivity contribution < 1.29 is 22.7 Å². The molecule has 0 spiro atoms. The summed E-state index contributed by atoms with van der Waals surface area (Å²) < 4.78 is 46.0. The summed E-state index contributed by atoms with van der Waals surface area (Å²) in [5.41, 5.74) is -0.585. The highest BCUT2D eigenvalue weighted by atomic mass is 19.2. The number of benzene rings is 1. The standard InChI is InChI=1S/C17H21F3O2/c1-6-9-10(13(20)12(19)7-11(9)18)8-22-15(21)14-16(2,3)17(14,4)5/h7,14H,6,8H2,1-5H3. The lowest BCUT2D eigenvalue weighted by atomic mass is 10.0. The Bertz CT molecular complexity index is 607. The van der Waals surface area contributed by atoms with Gasteiger partial charge in [0.1, 0.15) is 12.4 Å². The average molecular weight is 314 g/mol. The van der Waals surface area contributed by atoms with Crippen LogP contribution in [-0.4, -0.2) is 5.97 Å². The van der Waals surface area contributed by atoms with E-state index < -0.39 is 30.0 Å². The highest BCUT2D eigenvalue weighted by Crippen LogP contribution is 2.68. The molecule has 22 heavy (non-hydrogen) atoms. The smallest absolute Gasteiger partial charge is 0.310 e. The molecule has 1 aromatic rings. The molecule has 0 unspecified atom stereocenters. The van der Waals surface area contributed by atoms with Gasteiger partial charge in [-0.3, -0.25) is 4.79 Å². The molecular formula is C17H21F3O2. The van der Waals surface area contributed by atoms with Crippen LogP contribution in [0.15, 0.2) is 6.07 Å². The van der Waals surface area contributed by atoms with Crippen LogP contribution in [-0.2, 0) is 22.6 Å². The van der Waals surface area contributed by atoms with E-state index in [0.29, 0.717) is 6.07 Å². The number of esters is 1. The molecule has 0 N–H and O–H groups in total. The summed E-state index contributed by atoms with van der Waals surface area (Å²) in [6, 6.07) is 0.520. The Kier molecular flexibility index (Phi) is 4.05. The van der Waals surface area contributed by atoms with E-state index in [9.17, 15) is 18.0 Å². The number of ether oxygens (including phenoxy) is 1. The molecule has 1 fully saturated rings. The third-order valence-electron chi connectivity index (χ3n) is 5.35. The first-order chi connectivity index (χ1) is 10.1. The summed E-state index contributed by atoms with van der Waals surface area (Å²) in [6.45, 7) is 9.01. The molecule has 0 bridgehead atoms. The van der Waals surface area contributed by atoms with Crippen molar-refractivity contribution in [2.75, 3.05) is 0 Å². The summed E-state index contributed by atoms with van der Waals surface area (Å²) in [7, 11) is 0. The predicted octanol–water partition coefficient (Wildman–Crippen LogP) is 4.39. The van der Waals surface area contributed by atoms with Gasteiger partial charge in [-0.1, -0.05) is 34.6 Å². The quantitative estimate of drug-likeness (QED) is 0.608. The van der Waals surface area contributed by atoms with Gasteiger partial charge in [-0.05, 0) is 22.8 Å². The van der Waals surface area contributed by atoms with E-state index >= 15 is 0 Å². The molecule has 5 heteroatoms. The summed E-state index contributed by atoms with van der Waals surface area (Å²) in [5, 5.41) is 0. The molecule has 2 rings (SSSR count). The Hall–Kier alpha value is -1.52. The number of halogens is 3. The molecule has 2 nitrogen and oxygen atoms in total. The third-order valence-corrected chi connectivity index (χ3v) is 5.35. The summed E-state index contributed by atoms with van der Waals surface area (Å²) in [6.07, 6.45) is 0.191. The van der Waals surface area contributed by atoms with Crippen LogP contribution in [0, 0.1) is 34.2 Å². The molecule has 0 amide bonds. The lowest BCUT2D eigenvalue weighted by Crippen LogP contribution is -2.14. The molecule has 0 aliphatic heterocycles. The van der Waals surface area contributed by atoms with Gasteiger partial charge >= 0.3 is 5.97 Å². The van der Waals surface area contributed by atoms with E-state index in [1.54, 1.807) is 6.92 Å². The van der Waals surface area contributed by atoms with Gasteiger partial charge in [0.05, 0.1) is 5.92 Å². The molecule has 1 aliphatic rings. The molecule has 0 atom stereocenters. The molecule has 122 valence electrons. The molecule has 1 saturated carbocycles. The first-order valence-corrected chi connectivity index (χ1v) is 7.37. The highest BCUT2D eigenvalue weighted by molar-refractivity contribution is 5.78. The van der Waals surface area contributed by atoms with Crippen molar-refractivity contribution in [3.05, 3.63) is 34.6 Å². The summed E-state index contributed by atoms with van der Waals surface area (Å²) >= 11 is 0. The van der Waals surface area contributed by atoms with Crippen molar-refractivity contribution in [1.82, 2.24) is 0 Å². The van der Waals surface area contributed by atoms with Crippen LogP contribution >= 0.6 is 0 Å². The first-order valence-electron chi connectivity index (χ1n) is 7.37. The molecule has 1 aliphatic carbocycles. The third kappa shape index (κ3) is 2.40. The van der Waals surface area contributed by atoms with Gasteiger partial charge < -0.3 is 4.74 Å². The summed E-state index contributed by atoms with van der Waals surface area (Å²) in [5.74, 6) is -4.00. The van der Waals surface area contributed by atoms with E-state index in [1.807, 2.05) is 27.7 Å². The molecule has 0 radical (unpaired) electrons. The number of hydrogen-bond donors (Lipinski definition) is 0. The lowest BCUT2D eigenvalue weighted by Gasteiger charge is -2.12. The number of carbonyl (C=O) groups is 1. The number of carbonyl (C=O) groups excluding carboxylic acids is 1. The zero-order valence-electron chi connectivity index (χ0n) is 13.5. The van der Waals surface area contributed by atoms with Crippen LogP contribution in [0.3, 0.4) is 0 Å². The molecule has 0 aromatic heterocycles. The predicted molar refractivity (Wildman–Crippen MR) is 76.5 cm³/mol. The maximum absolute atomic E-state index is 13.9. The Morgan fingerprint density at radius 1 is 1.09 bits per heavy atom.